The largest absolute Gasteiger partial charge is 0.394 e. The summed E-state index contributed by atoms with van der Waals surface area (Å²) in [5.41, 5.74) is 0. The molecular formula is C57H109NO10. The molecule has 402 valence electrons. The van der Waals surface area contributed by atoms with Crippen molar-refractivity contribution >= 4 is 5.91 Å². The van der Waals surface area contributed by atoms with Crippen LogP contribution in [0.1, 0.15) is 264 Å². The lowest BCUT2D eigenvalue weighted by molar-refractivity contribution is -0.303. The third-order valence-electron chi connectivity index (χ3n) is 14.0. The third-order valence-corrected chi connectivity index (χ3v) is 14.0. The summed E-state index contributed by atoms with van der Waals surface area (Å²) in [5, 5.41) is 76.0. The first-order valence-electron chi connectivity index (χ1n) is 28.7. The molecule has 1 aliphatic rings. The zero-order valence-electron chi connectivity index (χ0n) is 43.9. The van der Waals surface area contributed by atoms with E-state index < -0.39 is 74.2 Å². The summed E-state index contributed by atoms with van der Waals surface area (Å²) in [6.45, 7) is 3.45. The lowest BCUT2D eigenvalue weighted by Crippen LogP contribution is -2.60. The van der Waals surface area contributed by atoms with E-state index in [2.05, 4.69) is 43.5 Å². The zero-order chi connectivity index (χ0) is 49.7. The predicted molar refractivity (Wildman–Crippen MR) is 279 cm³/mol. The van der Waals surface area contributed by atoms with Crippen LogP contribution >= 0.6 is 0 Å². The quantitative estimate of drug-likeness (QED) is 0.0215. The maximum Gasteiger partial charge on any atom is 0.249 e. The van der Waals surface area contributed by atoms with Gasteiger partial charge >= 0.3 is 0 Å². The fourth-order valence-electron chi connectivity index (χ4n) is 9.28. The number of amides is 1. The number of aliphatic hydroxyl groups excluding tert-OH is 7. The first kappa shape index (κ1) is 64.6. The van der Waals surface area contributed by atoms with E-state index in [1.54, 1.807) is 0 Å². The van der Waals surface area contributed by atoms with Gasteiger partial charge in [0.15, 0.2) is 6.29 Å². The number of rotatable bonds is 49. The van der Waals surface area contributed by atoms with Gasteiger partial charge in [0.2, 0.25) is 5.91 Å². The molecule has 68 heavy (non-hydrogen) atoms. The van der Waals surface area contributed by atoms with E-state index >= 15 is 0 Å². The summed E-state index contributed by atoms with van der Waals surface area (Å²) < 4.78 is 11.1. The molecule has 11 heteroatoms. The van der Waals surface area contributed by atoms with E-state index in [-0.39, 0.29) is 12.8 Å². The lowest BCUT2D eigenvalue weighted by Gasteiger charge is -2.40. The maximum atomic E-state index is 13.1. The molecule has 1 aliphatic heterocycles. The number of aliphatic hydroxyl groups is 7. The van der Waals surface area contributed by atoms with Crippen LogP contribution in [-0.4, -0.2) is 110 Å². The summed E-state index contributed by atoms with van der Waals surface area (Å²) in [4.78, 5) is 13.1. The Hall–Kier alpha value is -1.41. The zero-order valence-corrected chi connectivity index (χ0v) is 43.9. The molecule has 0 aliphatic carbocycles. The maximum absolute atomic E-state index is 13.1. The van der Waals surface area contributed by atoms with Crippen LogP contribution in [0.15, 0.2) is 24.3 Å². The van der Waals surface area contributed by atoms with Gasteiger partial charge in [-0.2, -0.15) is 0 Å². The normalized spacial score (nSPS) is 20.6. The Kier molecular flexibility index (Phi) is 44.3. The second-order valence-corrected chi connectivity index (χ2v) is 20.4. The Bertz CT molecular complexity index is 1160. The second-order valence-electron chi connectivity index (χ2n) is 20.4. The molecule has 1 fully saturated rings. The average molecular weight is 968 g/mol. The molecule has 8 N–H and O–H groups in total. The summed E-state index contributed by atoms with van der Waals surface area (Å²) in [5.74, 6) is -0.708. The topological polar surface area (TPSA) is 189 Å². The molecule has 9 unspecified atom stereocenters. The highest BCUT2D eigenvalue weighted by atomic mass is 16.7. The molecule has 0 aromatic heterocycles. The molecular weight excluding hydrogens is 859 g/mol. The van der Waals surface area contributed by atoms with E-state index in [9.17, 15) is 40.5 Å². The molecule has 9 atom stereocenters. The molecule has 1 rings (SSSR count). The first-order valence-corrected chi connectivity index (χ1v) is 28.7. The third kappa shape index (κ3) is 34.8. The highest BCUT2D eigenvalue weighted by Gasteiger charge is 2.44. The van der Waals surface area contributed by atoms with Gasteiger partial charge in [-0.05, 0) is 51.4 Å². The molecule has 0 aromatic rings. The number of hydrogen-bond acceptors (Lipinski definition) is 10. The van der Waals surface area contributed by atoms with E-state index in [0.29, 0.717) is 19.3 Å². The molecule has 0 bridgehead atoms. The summed E-state index contributed by atoms with van der Waals surface area (Å²) in [6.07, 6.45) is 43.9. The Morgan fingerprint density at radius 2 is 0.882 bits per heavy atom. The monoisotopic (exact) mass is 968 g/mol. The standard InChI is InChI=1S/C57H109NO10/c1-3-5-7-9-11-13-15-17-19-20-21-22-23-24-25-26-27-28-29-30-31-33-34-36-38-40-42-44-49(60)52(62)48(47-67-57-55(65)54(64)53(63)51(46-59)68-57)58-56(66)50(61)45-43-41-39-37-35-32-18-16-14-12-10-8-6-4-2/h30-31,36,38,48-55,57,59-65H,3-29,32-35,37,39-47H2,1-2H3,(H,58,66)/b31-30+,38-36+. The lowest BCUT2D eigenvalue weighted by atomic mass is 9.98. The van der Waals surface area contributed by atoms with Crippen molar-refractivity contribution < 1.29 is 50.0 Å². The van der Waals surface area contributed by atoms with Gasteiger partial charge in [0.25, 0.3) is 0 Å². The minimum atomic E-state index is -1.67. The molecule has 1 heterocycles. The Balaban J connectivity index is 2.31. The van der Waals surface area contributed by atoms with Crippen molar-refractivity contribution in [2.75, 3.05) is 13.2 Å². The van der Waals surface area contributed by atoms with Gasteiger partial charge in [0, 0.05) is 0 Å². The SMILES string of the molecule is CCCCCCCCCCCCCCCCCCCC/C=C/CC/C=C/CCCC(O)C(O)C(COC1OC(CO)C(O)C(O)C1O)NC(=O)C(O)CCCCCCCCCCCCCCCC. The van der Waals surface area contributed by atoms with Gasteiger partial charge in [-0.1, -0.05) is 237 Å². The van der Waals surface area contributed by atoms with Gasteiger partial charge in [-0.3, -0.25) is 4.79 Å². The summed E-state index contributed by atoms with van der Waals surface area (Å²) in [6, 6.07) is -1.19. The molecule has 1 saturated heterocycles. The van der Waals surface area contributed by atoms with E-state index in [4.69, 9.17) is 9.47 Å². The van der Waals surface area contributed by atoms with Crippen LogP contribution in [0.3, 0.4) is 0 Å². The van der Waals surface area contributed by atoms with Crippen molar-refractivity contribution in [1.29, 1.82) is 0 Å². The molecule has 0 spiro atoms. The minimum absolute atomic E-state index is 0.249. The summed E-state index contributed by atoms with van der Waals surface area (Å²) >= 11 is 0. The van der Waals surface area contributed by atoms with E-state index in [0.717, 1.165) is 38.5 Å². The van der Waals surface area contributed by atoms with Crippen LogP contribution in [0.5, 0.6) is 0 Å². The Morgan fingerprint density at radius 3 is 1.31 bits per heavy atom. The Labute approximate surface area is 416 Å². The molecule has 0 aromatic carbocycles. The molecule has 11 nitrogen and oxygen atoms in total. The predicted octanol–water partition coefficient (Wildman–Crippen LogP) is 11.7. The molecule has 0 saturated carbocycles. The number of allylic oxidation sites excluding steroid dienone is 4. The number of carbonyl (C=O) groups excluding carboxylic acids is 1. The van der Waals surface area contributed by atoms with Gasteiger partial charge in [0.1, 0.15) is 36.6 Å². The minimum Gasteiger partial charge on any atom is -0.394 e. The van der Waals surface area contributed by atoms with Crippen LogP contribution in [0, 0.1) is 0 Å². The number of hydrogen-bond donors (Lipinski definition) is 8. The molecule has 0 radical (unpaired) electrons. The van der Waals surface area contributed by atoms with Crippen LogP contribution in [0.25, 0.3) is 0 Å². The van der Waals surface area contributed by atoms with Crippen LogP contribution in [0.2, 0.25) is 0 Å². The van der Waals surface area contributed by atoms with Crippen LogP contribution in [-0.2, 0) is 14.3 Å². The summed E-state index contributed by atoms with van der Waals surface area (Å²) in [7, 11) is 0. The van der Waals surface area contributed by atoms with Crippen LogP contribution in [0.4, 0.5) is 0 Å². The fourth-order valence-corrected chi connectivity index (χ4v) is 9.28. The first-order chi connectivity index (χ1) is 33.2. The van der Waals surface area contributed by atoms with E-state index in [1.807, 2.05) is 0 Å². The molecule has 1 amide bonds. The highest BCUT2D eigenvalue weighted by Crippen LogP contribution is 2.23. The number of unbranched alkanes of at least 4 members (excludes halogenated alkanes) is 33. The fraction of sp³-hybridized carbons (Fsp3) is 0.912. The number of carbonyl (C=O) groups is 1. The van der Waals surface area contributed by atoms with Gasteiger partial charge in [-0.15, -0.1) is 0 Å². The number of ether oxygens (including phenoxy) is 2. The van der Waals surface area contributed by atoms with Crippen molar-refractivity contribution in [3.8, 4) is 0 Å². The Morgan fingerprint density at radius 1 is 0.500 bits per heavy atom. The van der Waals surface area contributed by atoms with Crippen molar-refractivity contribution in [1.82, 2.24) is 5.32 Å². The smallest absolute Gasteiger partial charge is 0.249 e. The van der Waals surface area contributed by atoms with Crippen molar-refractivity contribution in [2.45, 2.75) is 319 Å². The van der Waals surface area contributed by atoms with Crippen molar-refractivity contribution in [3.05, 3.63) is 24.3 Å². The second kappa shape index (κ2) is 46.6. The van der Waals surface area contributed by atoms with Crippen molar-refractivity contribution in [3.63, 3.8) is 0 Å². The average Bonchev–Trinajstić information content (AvgIpc) is 3.34. The number of nitrogens with one attached hydrogen (secondary N) is 1. The van der Waals surface area contributed by atoms with Crippen molar-refractivity contribution in [2.24, 2.45) is 0 Å². The van der Waals surface area contributed by atoms with Gasteiger partial charge in [0.05, 0.1) is 25.4 Å². The van der Waals surface area contributed by atoms with Gasteiger partial charge in [-0.25, -0.2) is 0 Å². The van der Waals surface area contributed by atoms with Gasteiger partial charge < -0.3 is 50.5 Å². The highest BCUT2D eigenvalue weighted by molar-refractivity contribution is 5.80. The van der Waals surface area contributed by atoms with E-state index in [1.165, 1.54) is 180 Å². The van der Waals surface area contributed by atoms with Crippen LogP contribution < -0.4 is 5.32 Å².